The number of amidine groups is 2. The van der Waals surface area contributed by atoms with Gasteiger partial charge in [0.2, 0.25) is 0 Å². The molecule has 1 N–H and O–H groups in total. The highest BCUT2D eigenvalue weighted by Crippen LogP contribution is 2.65. The van der Waals surface area contributed by atoms with E-state index in [0.717, 1.165) is 46.8 Å². The van der Waals surface area contributed by atoms with Crippen molar-refractivity contribution in [3.8, 4) is 44.5 Å². The van der Waals surface area contributed by atoms with Gasteiger partial charge in [-0.1, -0.05) is 182 Å². The Morgan fingerprint density at radius 2 is 1.05 bits per heavy atom. The van der Waals surface area contributed by atoms with Crippen molar-refractivity contribution in [3.05, 3.63) is 244 Å². The molecular formula is C56H39N3. The van der Waals surface area contributed by atoms with Crippen LogP contribution in [0, 0.1) is 0 Å². The average molecular weight is 754 g/mol. The Balaban J connectivity index is 1.12. The number of aryl methyl sites for hydroxylation is 1. The van der Waals surface area contributed by atoms with E-state index in [4.69, 9.17) is 9.98 Å². The zero-order valence-corrected chi connectivity index (χ0v) is 32.4. The monoisotopic (exact) mass is 753 g/mol. The molecule has 12 rings (SSSR count). The van der Waals surface area contributed by atoms with E-state index in [-0.39, 0.29) is 0 Å². The number of rotatable bonds is 5. The Morgan fingerprint density at radius 3 is 1.76 bits per heavy atom. The second-order valence-corrected chi connectivity index (χ2v) is 16.0. The lowest BCUT2D eigenvalue weighted by Gasteiger charge is -2.33. The van der Waals surface area contributed by atoms with Crippen LogP contribution >= 0.6 is 0 Å². The van der Waals surface area contributed by atoms with Gasteiger partial charge in [0.1, 0.15) is 11.7 Å². The number of allylic oxidation sites excluding steroid dienone is 1. The summed E-state index contributed by atoms with van der Waals surface area (Å²) in [5.74, 6) is 1.62. The molecule has 0 bridgehead atoms. The Kier molecular flexibility index (Phi) is 7.64. The third kappa shape index (κ3) is 5.14. The molecule has 1 heterocycles. The molecule has 0 saturated carbocycles. The summed E-state index contributed by atoms with van der Waals surface area (Å²) < 4.78 is 0. The lowest BCUT2D eigenvalue weighted by atomic mass is 9.67. The third-order valence-corrected chi connectivity index (χ3v) is 12.8. The molecule has 0 saturated heterocycles. The van der Waals surface area contributed by atoms with Crippen LogP contribution in [0.1, 0.15) is 62.7 Å². The molecule has 0 fully saturated rings. The van der Waals surface area contributed by atoms with Crippen molar-refractivity contribution in [1.29, 1.82) is 0 Å². The molecule has 1 unspecified atom stereocenters. The number of hydrogen-bond donors (Lipinski definition) is 1. The standard InChI is InChI=1S/C56H39N3/c1-4-17-36(18-5-1)39-24-16-25-41(33-39)54-57-53(38-21-8-3-9-22-38)58-55(59-54)42-31-32-46-50(35-42)56(48-29-14-12-27-44(48)45-28-13-15-30-49(45)56)52-43-26-11-10-23-40(43)34-47(51(46)52)37-19-6-2-7-20-37/h1-9,11-22,24-35,55H,10,23H2,(H,57,58,59). The summed E-state index contributed by atoms with van der Waals surface area (Å²) in [6.45, 7) is 0. The number of fused-ring (bicyclic) bond motifs is 12. The molecule has 3 nitrogen and oxygen atoms in total. The molecule has 8 aromatic rings. The zero-order valence-electron chi connectivity index (χ0n) is 32.4. The van der Waals surface area contributed by atoms with Gasteiger partial charge in [-0.3, -0.25) is 0 Å². The fourth-order valence-corrected chi connectivity index (χ4v) is 10.3. The zero-order chi connectivity index (χ0) is 38.9. The van der Waals surface area contributed by atoms with Gasteiger partial charge >= 0.3 is 0 Å². The fraction of sp³-hybridized carbons (Fsp3) is 0.0714. The SMILES string of the molecule is C1=Cc2c(cc(-c3ccccc3)c3c2C2(c4ccccc4-c4ccccc42)c2cc(C4N=C(c5ccccc5)NC(c5cccc(-c6ccccc6)c5)=N4)ccc2-3)CC1. The summed E-state index contributed by atoms with van der Waals surface area (Å²) in [5, 5.41) is 3.66. The first-order valence-corrected chi connectivity index (χ1v) is 20.7. The second kappa shape index (κ2) is 13.4. The van der Waals surface area contributed by atoms with Gasteiger partial charge in [-0.2, -0.15) is 0 Å². The third-order valence-electron chi connectivity index (χ3n) is 12.8. The van der Waals surface area contributed by atoms with Gasteiger partial charge in [0, 0.05) is 11.1 Å². The van der Waals surface area contributed by atoms with Crippen molar-refractivity contribution in [2.24, 2.45) is 9.98 Å². The van der Waals surface area contributed by atoms with E-state index < -0.39 is 11.6 Å². The van der Waals surface area contributed by atoms with Gasteiger partial charge in [-0.25, -0.2) is 9.98 Å². The lowest BCUT2D eigenvalue weighted by molar-refractivity contribution is 0.743. The van der Waals surface area contributed by atoms with Gasteiger partial charge in [-0.05, 0) is 114 Å². The van der Waals surface area contributed by atoms with E-state index >= 15 is 0 Å². The van der Waals surface area contributed by atoms with Crippen molar-refractivity contribution in [2.75, 3.05) is 0 Å². The molecule has 0 radical (unpaired) electrons. The number of aliphatic imine (C=N–C) groups is 2. The van der Waals surface area contributed by atoms with E-state index in [2.05, 4.69) is 206 Å². The van der Waals surface area contributed by atoms with Gasteiger partial charge in [0.15, 0.2) is 6.17 Å². The smallest absolute Gasteiger partial charge is 0.169 e. The Labute approximate surface area is 344 Å². The average Bonchev–Trinajstić information content (AvgIpc) is 3.80. The van der Waals surface area contributed by atoms with Crippen molar-refractivity contribution >= 4 is 17.7 Å². The Morgan fingerprint density at radius 1 is 0.458 bits per heavy atom. The molecule has 278 valence electrons. The molecule has 1 aliphatic heterocycles. The van der Waals surface area contributed by atoms with Crippen LogP contribution in [0.4, 0.5) is 0 Å². The predicted octanol–water partition coefficient (Wildman–Crippen LogP) is 12.8. The normalized spacial score (nSPS) is 16.2. The highest BCUT2D eigenvalue weighted by molar-refractivity contribution is 6.16. The van der Waals surface area contributed by atoms with Gasteiger partial charge in [0.05, 0.1) is 5.41 Å². The van der Waals surface area contributed by atoms with Gasteiger partial charge < -0.3 is 5.32 Å². The molecule has 8 aromatic carbocycles. The van der Waals surface area contributed by atoms with Crippen LogP contribution in [0.15, 0.2) is 204 Å². The molecule has 3 aliphatic carbocycles. The van der Waals surface area contributed by atoms with E-state index in [1.165, 1.54) is 72.3 Å². The fourth-order valence-electron chi connectivity index (χ4n) is 10.3. The van der Waals surface area contributed by atoms with Crippen LogP contribution < -0.4 is 5.32 Å². The maximum Gasteiger partial charge on any atom is 0.169 e. The highest BCUT2D eigenvalue weighted by atomic mass is 15.2. The molecule has 59 heavy (non-hydrogen) atoms. The first-order chi connectivity index (χ1) is 29.3. The second-order valence-electron chi connectivity index (χ2n) is 16.0. The lowest BCUT2D eigenvalue weighted by Crippen LogP contribution is -2.36. The number of benzene rings is 8. The largest absolute Gasteiger partial charge is 0.324 e. The topological polar surface area (TPSA) is 36.8 Å². The van der Waals surface area contributed by atoms with E-state index in [1.807, 2.05) is 0 Å². The van der Waals surface area contributed by atoms with Crippen molar-refractivity contribution in [3.63, 3.8) is 0 Å². The van der Waals surface area contributed by atoms with Crippen LogP contribution in [0.2, 0.25) is 0 Å². The first-order valence-electron chi connectivity index (χ1n) is 20.7. The maximum atomic E-state index is 5.45. The summed E-state index contributed by atoms with van der Waals surface area (Å²) in [7, 11) is 0. The molecule has 0 amide bonds. The number of nitrogens with one attached hydrogen (secondary N) is 1. The molecule has 3 heteroatoms. The van der Waals surface area contributed by atoms with Gasteiger partial charge in [0.25, 0.3) is 0 Å². The highest BCUT2D eigenvalue weighted by Gasteiger charge is 2.53. The minimum atomic E-state index is -0.528. The van der Waals surface area contributed by atoms with E-state index in [9.17, 15) is 0 Å². The summed E-state index contributed by atoms with van der Waals surface area (Å²) in [5.41, 5.74) is 20.8. The molecule has 1 atom stereocenters. The summed E-state index contributed by atoms with van der Waals surface area (Å²) >= 11 is 0. The minimum absolute atomic E-state index is 0.470. The summed E-state index contributed by atoms with van der Waals surface area (Å²) in [6.07, 6.45) is 6.38. The molecule has 0 aromatic heterocycles. The quantitative estimate of drug-likeness (QED) is 0.187. The van der Waals surface area contributed by atoms with Crippen molar-refractivity contribution in [2.45, 2.75) is 24.4 Å². The molecule has 4 aliphatic rings. The minimum Gasteiger partial charge on any atom is -0.324 e. The summed E-state index contributed by atoms with van der Waals surface area (Å²) in [6, 6.07) is 68.4. The van der Waals surface area contributed by atoms with Crippen LogP contribution in [0.3, 0.4) is 0 Å². The van der Waals surface area contributed by atoms with Crippen molar-refractivity contribution in [1.82, 2.24) is 5.32 Å². The van der Waals surface area contributed by atoms with Crippen LogP contribution in [-0.2, 0) is 11.8 Å². The van der Waals surface area contributed by atoms with Crippen LogP contribution in [0.5, 0.6) is 0 Å². The number of hydrogen-bond acceptors (Lipinski definition) is 3. The van der Waals surface area contributed by atoms with Crippen LogP contribution in [0.25, 0.3) is 50.6 Å². The van der Waals surface area contributed by atoms with Gasteiger partial charge in [-0.15, -0.1) is 0 Å². The van der Waals surface area contributed by atoms with E-state index in [1.54, 1.807) is 0 Å². The molecular weight excluding hydrogens is 715 g/mol. The van der Waals surface area contributed by atoms with Crippen molar-refractivity contribution < 1.29 is 0 Å². The predicted molar refractivity (Wildman–Crippen MR) is 243 cm³/mol. The first kappa shape index (κ1) is 33.7. The Bertz CT molecular complexity index is 3020. The van der Waals surface area contributed by atoms with E-state index in [0.29, 0.717) is 0 Å². The number of nitrogens with zero attached hydrogens (tertiary/aromatic N) is 2. The molecule has 1 spiro atoms. The maximum absolute atomic E-state index is 5.45. The van der Waals surface area contributed by atoms with Crippen LogP contribution in [-0.4, -0.2) is 11.7 Å². The summed E-state index contributed by atoms with van der Waals surface area (Å²) in [4.78, 5) is 10.9. The Hall–Kier alpha value is -7.36.